The molecule has 0 fully saturated rings. The Bertz CT molecular complexity index is 3750. The Balaban J connectivity index is 0. The summed E-state index contributed by atoms with van der Waals surface area (Å²) in [5.41, 5.74) is 15.3. The predicted octanol–water partition coefficient (Wildman–Crippen LogP) is 16.7. The third-order valence-corrected chi connectivity index (χ3v) is 12.2. The van der Waals surface area contributed by atoms with Crippen molar-refractivity contribution in [2.24, 2.45) is 0 Å². The fraction of sp³-hybridized carbons (Fsp3) is 0.312. The van der Waals surface area contributed by atoms with Crippen molar-refractivity contribution < 1.29 is 73.8 Å². The maximum absolute atomic E-state index is 11.4. The minimum Gasteiger partial charge on any atom is -0.448 e. The van der Waals surface area contributed by atoms with Gasteiger partial charge in [-0.2, -0.15) is 0 Å². The molecular weight excluding hydrogens is 1210 g/mol. The quantitative estimate of drug-likeness (QED) is 0.152. The number of rotatable bonds is 5. The smallest absolute Gasteiger partial charge is 0.364 e. The number of halogens is 1. The van der Waals surface area contributed by atoms with Gasteiger partial charge in [0, 0.05) is 83.4 Å². The number of benzene rings is 5. The monoisotopic (exact) mass is 1290 g/mol. The Kier molecular flexibility index (Phi) is 41.5. The number of hydrogen-bond acceptors (Lipinski definition) is 10. The Labute approximate surface area is 543 Å². The fourth-order valence-corrected chi connectivity index (χ4v) is 8.05. The second kappa shape index (κ2) is 43.6. The van der Waals surface area contributed by atoms with Gasteiger partial charge in [0.25, 0.3) is 29.5 Å². The summed E-state index contributed by atoms with van der Waals surface area (Å²) >= 11 is 5.59. The molecule has 82 heavy (non-hydrogen) atoms. The summed E-state index contributed by atoms with van der Waals surface area (Å²) in [6.45, 7) is 38.3. The summed E-state index contributed by atoms with van der Waals surface area (Å²) in [7, 11) is -3.32. The van der Waals surface area contributed by atoms with Gasteiger partial charge in [0.05, 0.1) is 72.8 Å². The van der Waals surface area contributed by atoms with Crippen LogP contribution in [0.2, 0.25) is 5.15 Å². The largest absolute Gasteiger partial charge is 0.448 e. The number of fused-ring (bicyclic) bond motifs is 8. The molecule has 0 saturated carbocycles. The molecule has 0 spiro atoms. The minimum atomic E-state index is -3.32. The molecule has 6 aromatic heterocycles. The zero-order valence-corrected chi connectivity index (χ0v) is 56.8. The summed E-state index contributed by atoms with van der Waals surface area (Å²) in [5, 5.41) is 0.309. The molecule has 2 radical (unpaired) electrons. The van der Waals surface area contributed by atoms with Crippen molar-refractivity contribution in [1.82, 2.24) is 48.7 Å². The molecule has 6 heterocycles. The average Bonchev–Trinajstić information content (AvgIpc) is 4.35. The Morgan fingerprint density at radius 2 is 0.988 bits per heavy atom. The molecule has 0 amide bonds. The van der Waals surface area contributed by atoms with Gasteiger partial charge in [0.1, 0.15) is 6.33 Å². The van der Waals surface area contributed by atoms with Crippen molar-refractivity contribution in [3.05, 3.63) is 196 Å². The third-order valence-electron chi connectivity index (χ3n) is 10.6. The van der Waals surface area contributed by atoms with Crippen LogP contribution in [0.15, 0.2) is 145 Å². The first-order chi connectivity index (χ1) is 38.4. The summed E-state index contributed by atoms with van der Waals surface area (Å²) in [4.78, 5) is 41.0. The van der Waals surface area contributed by atoms with E-state index in [0.29, 0.717) is 5.15 Å². The Morgan fingerprint density at radius 1 is 0.537 bits per heavy atom. The minimum absolute atomic E-state index is 0. The molecule has 5 aromatic carbocycles. The van der Waals surface area contributed by atoms with E-state index in [0.717, 1.165) is 109 Å². The van der Waals surface area contributed by atoms with E-state index in [4.69, 9.17) is 23.2 Å². The molecule has 0 unspecified atom stereocenters. The van der Waals surface area contributed by atoms with Crippen LogP contribution in [0.4, 0.5) is 0 Å². The molecule has 0 N–H and O–H groups in total. The van der Waals surface area contributed by atoms with Crippen molar-refractivity contribution in [1.29, 1.82) is 0 Å². The predicted molar refractivity (Wildman–Crippen MR) is 338 cm³/mol. The number of imidazole rings is 2. The van der Waals surface area contributed by atoms with Crippen LogP contribution < -0.4 is 0 Å². The maximum Gasteiger partial charge on any atom is 0.364 e. The van der Waals surface area contributed by atoms with Crippen LogP contribution >= 0.6 is 11.6 Å². The maximum atomic E-state index is 11.4. The molecule has 0 bridgehead atoms. The molecule has 18 heteroatoms. The van der Waals surface area contributed by atoms with Crippen LogP contribution in [0.5, 0.6) is 0 Å². The number of para-hydroxylation sites is 8. The molecule has 11 rings (SSSR count). The second-order valence-electron chi connectivity index (χ2n) is 15.5. The van der Waals surface area contributed by atoms with Crippen molar-refractivity contribution in [2.75, 3.05) is 12.4 Å². The van der Waals surface area contributed by atoms with E-state index in [1.54, 1.807) is 24.3 Å². The van der Waals surface area contributed by atoms with Gasteiger partial charge in [-0.15, -0.1) is 24.5 Å². The van der Waals surface area contributed by atoms with E-state index in [2.05, 4.69) is 105 Å². The van der Waals surface area contributed by atoms with E-state index in [1.165, 1.54) is 0 Å². The van der Waals surface area contributed by atoms with E-state index < -0.39 is 9.84 Å². The summed E-state index contributed by atoms with van der Waals surface area (Å²) in [5.74, 6) is -0.365. The van der Waals surface area contributed by atoms with Crippen molar-refractivity contribution in [3.63, 3.8) is 0 Å². The van der Waals surface area contributed by atoms with Gasteiger partial charge < -0.3 is 9.97 Å². The van der Waals surface area contributed by atoms with E-state index >= 15 is 0 Å². The van der Waals surface area contributed by atoms with E-state index in [-0.39, 0.29) is 83.6 Å². The van der Waals surface area contributed by atoms with Crippen LogP contribution in [-0.2, 0) is 94.5 Å². The average molecular weight is 1300 g/mol. The number of aryl methyl sites for hydroxylation is 5. The van der Waals surface area contributed by atoms with Gasteiger partial charge in [-0.25, -0.2) is 28.4 Å². The standard InChI is InChI=1S/C13H13N3.C12H11N3.C10H9N2.C9H10NO2S.C8H4ClN2.C3H6N.4C2H6.CH4.2Y/c1-3-10-13-9(2)14-8-16(13)12-7-5-4-6-11(12)15-10;1-2-9-12-7-13-8-15(12)11-6-4-3-5-10(11)14-9;1-2-8-7-11-9-5-3-4-6-10(9)12-8;1-8-3-5-9(6-4-8)13(11,12)7-10-2;9-8-5-10-6-3-1-2-4-7(6)11-8;1-3-4-2;4*1-2;;;/h4-8H,3H2,1-2H3;3-8H,2H2,1H3;3-6H,2H2,1H3;2-6H,7H2,1H3;1-4H;2H,3H2,1H3;4*1-2H3;1H4;;/q;;-1;+1;-1;+1;;;;;;;. The second-order valence-corrected chi connectivity index (χ2v) is 17.8. The molecule has 0 atom stereocenters. The van der Waals surface area contributed by atoms with Gasteiger partial charge in [0.2, 0.25) is 0 Å². The van der Waals surface area contributed by atoms with Gasteiger partial charge >= 0.3 is 5.88 Å². The Morgan fingerprint density at radius 3 is 1.48 bits per heavy atom. The number of sulfone groups is 1. The Hall–Kier alpha value is -6.03. The van der Waals surface area contributed by atoms with Gasteiger partial charge in [0.15, 0.2) is 0 Å². The summed E-state index contributed by atoms with van der Waals surface area (Å²) in [6, 6.07) is 38.3. The zero-order valence-electron chi connectivity index (χ0n) is 49.6. The number of aromatic nitrogens is 10. The first-order valence-electron chi connectivity index (χ1n) is 26.8. The normalized spacial score (nSPS) is 9.43. The van der Waals surface area contributed by atoms with Crippen LogP contribution in [-0.4, -0.2) is 69.5 Å². The van der Waals surface area contributed by atoms with Crippen LogP contribution in [0.3, 0.4) is 0 Å². The van der Waals surface area contributed by atoms with E-state index in [1.807, 2.05) is 180 Å². The summed E-state index contributed by atoms with van der Waals surface area (Å²) in [6.07, 6.45) is 13.8. The molecule has 0 saturated heterocycles. The number of hydrogen-bond donors (Lipinski definition) is 0. The van der Waals surface area contributed by atoms with Crippen molar-refractivity contribution in [2.45, 2.75) is 129 Å². The molecule has 0 aliphatic heterocycles. The topological polar surface area (TPSA) is 155 Å². The molecule has 14 nitrogen and oxygen atoms in total. The van der Waals surface area contributed by atoms with E-state index in [9.17, 15) is 8.42 Å². The van der Waals surface area contributed by atoms with Gasteiger partial charge in [-0.05, 0) is 75.2 Å². The van der Waals surface area contributed by atoms with Crippen molar-refractivity contribution in [3.8, 4) is 13.1 Å². The van der Waals surface area contributed by atoms with Gasteiger partial charge in [-0.3, -0.25) is 18.8 Å². The fourth-order valence-electron chi connectivity index (χ4n) is 7.02. The first kappa shape index (κ1) is 78.0. The summed E-state index contributed by atoms with van der Waals surface area (Å²) < 4.78 is 27.0. The molecule has 0 aliphatic rings. The van der Waals surface area contributed by atoms with Crippen LogP contribution in [0, 0.1) is 39.4 Å². The van der Waals surface area contributed by atoms with Crippen LogP contribution in [0.1, 0.15) is 119 Å². The first-order valence-corrected chi connectivity index (χ1v) is 28.8. The SMILES string of the molecule is C.C#[N+]CC.C#[N+]CS(=O)(=O)c1ccc(C)cc1.CC.CC.CC.CC.CCc1[c-]nc2ccccc2n1.CCc1nc2ccccc2n2cnc(C)c12.CCc1nc2ccccc2n2cncc12.Clc1[c-]nc2ccccc2n1.[Y].[Y]. The molecule has 428 valence electrons. The van der Waals surface area contributed by atoms with Crippen LogP contribution in [0.25, 0.3) is 64.9 Å². The van der Waals surface area contributed by atoms with Crippen molar-refractivity contribution >= 4 is 76.6 Å². The molecule has 0 aliphatic carbocycles. The molecule has 11 aromatic rings. The third kappa shape index (κ3) is 23.3. The molecular formula is C64H81ClN12O2SY2. The zero-order chi connectivity index (χ0) is 58.8. The number of nitrogens with zero attached hydrogens (tertiary/aromatic N) is 12. The van der Waals surface area contributed by atoms with Gasteiger partial charge in [-0.1, -0.05) is 194 Å².